The molecule has 1 saturated carbocycles. The van der Waals surface area contributed by atoms with Gasteiger partial charge in [-0.1, -0.05) is 30.3 Å². The van der Waals surface area contributed by atoms with Gasteiger partial charge in [0.1, 0.15) is 23.4 Å². The predicted octanol–water partition coefficient (Wildman–Crippen LogP) is -0.924. The average Bonchev–Trinajstić information content (AvgIpc) is 2.59. The van der Waals surface area contributed by atoms with Crippen molar-refractivity contribution < 1.29 is 20.1 Å². The molecule has 1 aromatic carbocycles. The van der Waals surface area contributed by atoms with Crippen molar-refractivity contribution in [2.75, 3.05) is 6.61 Å². The number of nitrogens with one attached hydrogen (secondary N) is 1. The fourth-order valence-corrected chi connectivity index (χ4v) is 3.76. The van der Waals surface area contributed by atoms with Crippen LogP contribution in [-0.2, 0) is 4.74 Å². The maximum atomic E-state index is 11.9. The summed E-state index contributed by atoms with van der Waals surface area (Å²) < 4.78 is 6.60. The zero-order valence-electron chi connectivity index (χ0n) is 13.2. The van der Waals surface area contributed by atoms with Gasteiger partial charge < -0.3 is 20.1 Å². The number of hydrogen-bond donors (Lipinski definition) is 4. The molecule has 0 bridgehead atoms. The Labute approximate surface area is 141 Å². The minimum Gasteiger partial charge on any atom is -0.388 e. The lowest BCUT2D eigenvalue weighted by atomic mass is 9.59. The third kappa shape index (κ3) is 2.15. The summed E-state index contributed by atoms with van der Waals surface area (Å²) in [6.07, 6.45) is -0.911. The average molecular weight is 346 g/mol. The Balaban J connectivity index is 1.61. The van der Waals surface area contributed by atoms with Gasteiger partial charge >= 0.3 is 5.69 Å². The van der Waals surface area contributed by atoms with Crippen LogP contribution in [0.1, 0.15) is 24.1 Å². The second-order valence-corrected chi connectivity index (χ2v) is 6.68. The maximum absolute atomic E-state index is 11.9. The Morgan fingerprint density at radius 2 is 1.84 bits per heavy atom. The van der Waals surface area contributed by atoms with Crippen LogP contribution in [0.25, 0.3) is 0 Å². The Hall–Kier alpha value is -2.26. The first kappa shape index (κ1) is 16.2. The second kappa shape index (κ2) is 5.37. The largest absolute Gasteiger partial charge is 0.388 e. The van der Waals surface area contributed by atoms with E-state index >= 15 is 0 Å². The molecule has 4 rings (SSSR count). The van der Waals surface area contributed by atoms with Crippen molar-refractivity contribution in [1.29, 1.82) is 0 Å². The van der Waals surface area contributed by atoms with E-state index in [1.165, 1.54) is 12.3 Å². The van der Waals surface area contributed by atoms with Gasteiger partial charge in [-0.3, -0.25) is 14.3 Å². The molecule has 2 aromatic rings. The Morgan fingerprint density at radius 3 is 2.40 bits per heavy atom. The Morgan fingerprint density at radius 1 is 1.12 bits per heavy atom. The molecule has 2 fully saturated rings. The molecule has 1 aromatic heterocycles. The fraction of sp³-hybridized carbons (Fsp3) is 0.412. The lowest BCUT2D eigenvalue weighted by Crippen LogP contribution is -2.78. The van der Waals surface area contributed by atoms with E-state index in [9.17, 15) is 24.9 Å². The van der Waals surface area contributed by atoms with E-state index in [0.717, 1.165) is 4.57 Å². The summed E-state index contributed by atoms with van der Waals surface area (Å²) in [5, 5.41) is 32.4. The van der Waals surface area contributed by atoms with Crippen molar-refractivity contribution in [1.82, 2.24) is 9.55 Å². The number of nitrogens with zero attached hydrogens (tertiary/aromatic N) is 1. The minimum atomic E-state index is -1.81. The van der Waals surface area contributed by atoms with Gasteiger partial charge in [-0.2, -0.15) is 0 Å². The molecule has 2 aliphatic rings. The molecule has 132 valence electrons. The summed E-state index contributed by atoms with van der Waals surface area (Å²) in [6.45, 7) is -0.118. The van der Waals surface area contributed by atoms with Gasteiger partial charge in [0.05, 0.1) is 12.6 Å². The summed E-state index contributed by atoms with van der Waals surface area (Å²) in [4.78, 5) is 25.1. The predicted molar refractivity (Wildman–Crippen MR) is 86.0 cm³/mol. The van der Waals surface area contributed by atoms with Crippen LogP contribution in [-0.4, -0.2) is 48.8 Å². The number of rotatable bonds is 3. The van der Waals surface area contributed by atoms with E-state index in [4.69, 9.17) is 4.74 Å². The first-order valence-electron chi connectivity index (χ1n) is 7.98. The van der Waals surface area contributed by atoms with Crippen molar-refractivity contribution in [2.45, 2.75) is 35.9 Å². The molecule has 2 heterocycles. The molecule has 1 aliphatic heterocycles. The number of H-pyrrole nitrogens is 1. The second-order valence-electron chi connectivity index (χ2n) is 6.68. The van der Waals surface area contributed by atoms with E-state index < -0.39 is 40.7 Å². The van der Waals surface area contributed by atoms with Crippen LogP contribution in [0, 0.1) is 0 Å². The molecule has 5 unspecified atom stereocenters. The van der Waals surface area contributed by atoms with Crippen LogP contribution in [0.15, 0.2) is 52.2 Å². The van der Waals surface area contributed by atoms with E-state index in [-0.39, 0.29) is 13.0 Å². The lowest BCUT2D eigenvalue weighted by Gasteiger charge is -2.62. The summed E-state index contributed by atoms with van der Waals surface area (Å²) >= 11 is 0. The quantitative estimate of drug-likeness (QED) is 0.569. The first-order valence-corrected chi connectivity index (χ1v) is 7.98. The van der Waals surface area contributed by atoms with Gasteiger partial charge in [-0.05, 0) is 5.56 Å². The van der Waals surface area contributed by atoms with Crippen LogP contribution in [0.3, 0.4) is 0 Å². The number of aromatic nitrogens is 2. The van der Waals surface area contributed by atoms with E-state index in [2.05, 4.69) is 4.98 Å². The highest BCUT2D eigenvalue weighted by molar-refractivity contribution is 5.30. The molecular formula is C17H18N2O6. The van der Waals surface area contributed by atoms with Crippen molar-refractivity contribution in [3.63, 3.8) is 0 Å². The molecule has 0 amide bonds. The summed E-state index contributed by atoms with van der Waals surface area (Å²) in [5.74, 6) is 0. The van der Waals surface area contributed by atoms with Gasteiger partial charge in [-0.15, -0.1) is 0 Å². The third-order valence-electron chi connectivity index (χ3n) is 5.34. The topological polar surface area (TPSA) is 125 Å². The minimum absolute atomic E-state index is 0.0384. The van der Waals surface area contributed by atoms with Gasteiger partial charge in [0.15, 0.2) is 0 Å². The zero-order valence-corrected chi connectivity index (χ0v) is 13.2. The normalized spacial score (nSPS) is 37.2. The van der Waals surface area contributed by atoms with Gasteiger partial charge in [0.2, 0.25) is 0 Å². The molecular weight excluding hydrogens is 328 g/mol. The van der Waals surface area contributed by atoms with Gasteiger partial charge in [0.25, 0.3) is 5.56 Å². The number of aliphatic hydroxyl groups excluding tert-OH is 1. The van der Waals surface area contributed by atoms with Gasteiger partial charge in [0, 0.05) is 18.7 Å². The summed E-state index contributed by atoms with van der Waals surface area (Å²) in [6, 6.07) is 9.38. The molecule has 0 spiro atoms. The fourth-order valence-electron chi connectivity index (χ4n) is 3.76. The highest BCUT2D eigenvalue weighted by atomic mass is 16.6. The van der Waals surface area contributed by atoms with E-state index in [1.54, 1.807) is 24.3 Å². The number of aromatic amines is 1. The van der Waals surface area contributed by atoms with Gasteiger partial charge in [-0.25, -0.2) is 4.79 Å². The van der Waals surface area contributed by atoms with E-state index in [0.29, 0.717) is 5.56 Å². The lowest BCUT2D eigenvalue weighted by molar-refractivity contribution is -0.364. The number of aliphatic hydroxyl groups is 3. The monoisotopic (exact) mass is 346 g/mol. The molecule has 25 heavy (non-hydrogen) atoms. The first-order chi connectivity index (χ1) is 11.9. The van der Waals surface area contributed by atoms with Crippen LogP contribution in [0.2, 0.25) is 0 Å². The van der Waals surface area contributed by atoms with Crippen molar-refractivity contribution in [3.8, 4) is 0 Å². The number of hydrogen-bond acceptors (Lipinski definition) is 6. The molecule has 4 N–H and O–H groups in total. The highest BCUT2D eigenvalue weighted by Gasteiger charge is 2.71. The Kier molecular flexibility index (Phi) is 3.48. The molecule has 5 atom stereocenters. The summed E-state index contributed by atoms with van der Waals surface area (Å²) in [7, 11) is 0. The van der Waals surface area contributed by atoms with Crippen LogP contribution >= 0.6 is 0 Å². The molecule has 8 nitrogen and oxygen atoms in total. The zero-order chi connectivity index (χ0) is 17.8. The Bertz CT molecular complexity index is 909. The molecule has 8 heteroatoms. The van der Waals surface area contributed by atoms with E-state index in [1.807, 2.05) is 6.07 Å². The van der Waals surface area contributed by atoms with Crippen LogP contribution in [0.5, 0.6) is 0 Å². The molecule has 1 saturated heterocycles. The molecule has 1 aliphatic carbocycles. The van der Waals surface area contributed by atoms with Crippen LogP contribution < -0.4 is 11.2 Å². The molecule has 0 radical (unpaired) electrons. The van der Waals surface area contributed by atoms with Crippen molar-refractivity contribution in [3.05, 3.63) is 69.0 Å². The van der Waals surface area contributed by atoms with Crippen molar-refractivity contribution >= 4 is 0 Å². The highest BCUT2D eigenvalue weighted by Crippen LogP contribution is 2.56. The van der Waals surface area contributed by atoms with Crippen molar-refractivity contribution in [2.24, 2.45) is 0 Å². The smallest absolute Gasteiger partial charge is 0.328 e. The number of benzene rings is 1. The standard InChI is InChI=1S/C17H18N2O6/c20-12-6-7-19(15(22)18-12)11-8-16(23,13(11)21)17(24)9-25-14(17)10-4-2-1-3-5-10/h1-7,11,13-14,21,23-24H,8-9H2,(H,18,20,22). The maximum Gasteiger partial charge on any atom is 0.328 e. The third-order valence-corrected chi connectivity index (χ3v) is 5.34. The SMILES string of the molecule is O=c1ccn(C2CC(O)(C3(O)COC3c3ccccc3)C2O)c(=O)[nH]1. The number of ether oxygens (including phenoxy) is 1. The summed E-state index contributed by atoms with van der Waals surface area (Å²) in [5.41, 5.74) is -3.99. The van der Waals surface area contributed by atoms with Crippen LogP contribution in [0.4, 0.5) is 0 Å².